The van der Waals surface area contributed by atoms with Gasteiger partial charge in [-0.05, 0) is 50.2 Å². The predicted molar refractivity (Wildman–Crippen MR) is 139 cm³/mol. The molecule has 0 aliphatic carbocycles. The first-order valence-corrected chi connectivity index (χ1v) is 13.6. The Morgan fingerprint density at radius 3 is 2.16 bits per heavy atom. The Labute approximate surface area is 218 Å². The molecule has 2 aromatic rings. The smallest absolute Gasteiger partial charge is 0.275 e. The summed E-state index contributed by atoms with van der Waals surface area (Å²) in [5.74, 6) is 0.205. The number of likely N-dealkylation sites (tertiary alicyclic amines) is 1. The maximum absolute atomic E-state index is 13.2. The van der Waals surface area contributed by atoms with Crippen LogP contribution < -0.4 is 4.90 Å². The molecule has 1 amide bonds. The molecule has 0 saturated carbocycles. The number of halogens is 1. The quantitative estimate of drug-likeness (QED) is 0.571. The summed E-state index contributed by atoms with van der Waals surface area (Å²) < 4.78 is 18.8. The minimum Gasteiger partial charge on any atom is -0.447 e. The first-order valence-electron chi connectivity index (χ1n) is 13.6. The van der Waals surface area contributed by atoms with Gasteiger partial charge in [0.15, 0.2) is 5.69 Å². The third kappa shape index (κ3) is 7.07. The Bertz CT molecular complexity index is 996. The summed E-state index contributed by atoms with van der Waals surface area (Å²) in [6.07, 6.45) is 4.96. The van der Waals surface area contributed by atoms with Gasteiger partial charge < -0.3 is 24.2 Å². The van der Waals surface area contributed by atoms with Gasteiger partial charge in [-0.1, -0.05) is 6.42 Å². The highest BCUT2D eigenvalue weighted by atomic mass is 19.1. The lowest BCUT2D eigenvalue weighted by atomic mass is 10.1. The van der Waals surface area contributed by atoms with Crippen LogP contribution in [0.2, 0.25) is 0 Å². The minimum atomic E-state index is -0.303. The van der Waals surface area contributed by atoms with Crippen LogP contribution in [0.15, 0.2) is 34.9 Å². The lowest BCUT2D eigenvalue weighted by Gasteiger charge is -2.36. The molecule has 3 fully saturated rings. The molecule has 0 bridgehead atoms. The number of rotatable bonds is 8. The van der Waals surface area contributed by atoms with Crippen LogP contribution in [0.3, 0.4) is 0 Å². The van der Waals surface area contributed by atoms with E-state index in [1.54, 1.807) is 17.0 Å². The first-order chi connectivity index (χ1) is 18.0. The van der Waals surface area contributed by atoms with Gasteiger partial charge in [-0.2, -0.15) is 0 Å². The van der Waals surface area contributed by atoms with Gasteiger partial charge in [0.2, 0.25) is 5.89 Å². The van der Waals surface area contributed by atoms with E-state index in [-0.39, 0.29) is 17.8 Å². The SMILES string of the molecule is O=C(c1coc(CN2CCN(C[C@@H](O)CN3CCCCC3)CC2)n1)N1CCN(c2ccc(F)cc2)CC1. The lowest BCUT2D eigenvalue weighted by Crippen LogP contribution is -2.50. The van der Waals surface area contributed by atoms with Gasteiger partial charge in [0.05, 0.1) is 12.6 Å². The van der Waals surface area contributed by atoms with E-state index in [2.05, 4.69) is 24.6 Å². The molecule has 1 atom stereocenters. The number of aliphatic hydroxyl groups excluding tert-OH is 1. The topological polar surface area (TPSA) is 79.5 Å². The van der Waals surface area contributed by atoms with Crippen molar-refractivity contribution >= 4 is 11.6 Å². The summed E-state index contributed by atoms with van der Waals surface area (Å²) in [5, 5.41) is 10.5. The molecule has 3 saturated heterocycles. The zero-order chi connectivity index (χ0) is 25.6. The molecule has 0 spiro atoms. The van der Waals surface area contributed by atoms with E-state index in [4.69, 9.17) is 4.42 Å². The van der Waals surface area contributed by atoms with Gasteiger partial charge in [-0.15, -0.1) is 0 Å². The lowest BCUT2D eigenvalue weighted by molar-refractivity contribution is 0.0434. The maximum Gasteiger partial charge on any atom is 0.275 e. The number of hydrogen-bond donors (Lipinski definition) is 1. The number of hydrogen-bond acceptors (Lipinski definition) is 8. The fourth-order valence-electron chi connectivity index (χ4n) is 5.58. The Morgan fingerprint density at radius 1 is 0.865 bits per heavy atom. The minimum absolute atomic E-state index is 0.110. The second-order valence-corrected chi connectivity index (χ2v) is 10.5. The van der Waals surface area contributed by atoms with Gasteiger partial charge in [0.25, 0.3) is 5.91 Å². The number of aliphatic hydroxyl groups is 1. The van der Waals surface area contributed by atoms with Gasteiger partial charge in [0.1, 0.15) is 12.1 Å². The number of carbonyl (C=O) groups is 1. The van der Waals surface area contributed by atoms with Crippen molar-refractivity contribution in [2.24, 2.45) is 0 Å². The second kappa shape index (κ2) is 12.3. The van der Waals surface area contributed by atoms with E-state index in [1.807, 2.05) is 0 Å². The summed E-state index contributed by atoms with van der Waals surface area (Å²) >= 11 is 0. The standard InChI is InChI=1S/C27H39FN6O3/c28-22-4-6-23(7-5-22)33-14-16-34(17-15-33)27(36)25-21-37-26(29-25)20-32-12-10-31(11-13-32)19-24(35)18-30-8-2-1-3-9-30/h4-7,21,24,35H,1-3,8-20H2/t24-/m0/s1. The molecule has 202 valence electrons. The van der Waals surface area contributed by atoms with Gasteiger partial charge in [-0.25, -0.2) is 9.37 Å². The van der Waals surface area contributed by atoms with Crippen LogP contribution in [0.4, 0.5) is 10.1 Å². The van der Waals surface area contributed by atoms with Crippen LogP contribution in [-0.4, -0.2) is 120 Å². The molecule has 5 rings (SSSR count). The summed E-state index contributed by atoms with van der Waals surface area (Å²) in [6.45, 7) is 10.4. The monoisotopic (exact) mass is 514 g/mol. The molecule has 0 unspecified atom stereocenters. The number of benzene rings is 1. The fourth-order valence-corrected chi connectivity index (χ4v) is 5.58. The van der Waals surface area contributed by atoms with Crippen LogP contribution in [0, 0.1) is 5.82 Å². The molecular weight excluding hydrogens is 475 g/mol. The highest BCUT2D eigenvalue weighted by molar-refractivity contribution is 5.92. The number of piperidine rings is 1. The molecule has 9 nitrogen and oxygen atoms in total. The molecule has 0 radical (unpaired) electrons. The molecule has 4 heterocycles. The fraction of sp³-hybridized carbons (Fsp3) is 0.630. The van der Waals surface area contributed by atoms with Crippen LogP contribution in [0.1, 0.15) is 35.6 Å². The van der Waals surface area contributed by atoms with E-state index >= 15 is 0 Å². The summed E-state index contributed by atoms with van der Waals surface area (Å²) in [7, 11) is 0. The average molecular weight is 515 g/mol. The van der Waals surface area contributed by atoms with Crippen molar-refractivity contribution in [2.45, 2.75) is 31.9 Å². The van der Waals surface area contributed by atoms with Crippen LogP contribution in [0.5, 0.6) is 0 Å². The number of β-amino-alcohol motifs (C(OH)–C–C–N with tert-alkyl or cyclic N) is 1. The third-order valence-electron chi connectivity index (χ3n) is 7.74. The Kier molecular flexibility index (Phi) is 8.70. The van der Waals surface area contributed by atoms with Crippen molar-refractivity contribution in [3.05, 3.63) is 47.9 Å². The van der Waals surface area contributed by atoms with Gasteiger partial charge in [-0.3, -0.25) is 14.6 Å². The van der Waals surface area contributed by atoms with Gasteiger partial charge in [0, 0.05) is 71.1 Å². The number of aromatic nitrogens is 1. The first kappa shape index (κ1) is 26.1. The normalized spacial score (nSPS) is 21.4. The molecule has 1 N–H and O–H groups in total. The maximum atomic E-state index is 13.2. The molecule has 1 aromatic heterocycles. The van der Waals surface area contributed by atoms with E-state index < -0.39 is 0 Å². The summed E-state index contributed by atoms with van der Waals surface area (Å²) in [4.78, 5) is 28.4. The van der Waals surface area contributed by atoms with Crippen molar-refractivity contribution in [2.75, 3.05) is 83.4 Å². The van der Waals surface area contributed by atoms with Crippen molar-refractivity contribution in [1.29, 1.82) is 0 Å². The zero-order valence-electron chi connectivity index (χ0n) is 21.6. The number of carbonyl (C=O) groups excluding carboxylic acids is 1. The number of oxazole rings is 1. The van der Waals surface area contributed by atoms with Crippen LogP contribution >= 0.6 is 0 Å². The molecule has 3 aliphatic rings. The highest BCUT2D eigenvalue weighted by Crippen LogP contribution is 2.18. The number of anilines is 1. The number of nitrogens with zero attached hydrogens (tertiary/aromatic N) is 6. The molecular formula is C27H39FN6O3. The summed E-state index contributed by atoms with van der Waals surface area (Å²) in [6, 6.07) is 6.47. The Balaban J connectivity index is 1.03. The molecule has 10 heteroatoms. The molecule has 1 aromatic carbocycles. The largest absolute Gasteiger partial charge is 0.447 e. The molecule has 3 aliphatic heterocycles. The van der Waals surface area contributed by atoms with E-state index in [0.29, 0.717) is 44.3 Å². The van der Waals surface area contributed by atoms with Crippen LogP contribution in [0.25, 0.3) is 0 Å². The van der Waals surface area contributed by atoms with Gasteiger partial charge >= 0.3 is 0 Å². The Hall–Kier alpha value is -2.53. The van der Waals surface area contributed by atoms with Crippen molar-refractivity contribution in [3.63, 3.8) is 0 Å². The average Bonchev–Trinajstić information content (AvgIpc) is 3.39. The van der Waals surface area contributed by atoms with Crippen molar-refractivity contribution in [1.82, 2.24) is 24.6 Å². The highest BCUT2D eigenvalue weighted by Gasteiger charge is 2.26. The number of piperazine rings is 2. The zero-order valence-corrected chi connectivity index (χ0v) is 21.6. The third-order valence-corrected chi connectivity index (χ3v) is 7.74. The predicted octanol–water partition coefficient (Wildman–Crippen LogP) is 1.74. The van der Waals surface area contributed by atoms with E-state index in [1.165, 1.54) is 37.7 Å². The number of amides is 1. The molecule has 37 heavy (non-hydrogen) atoms. The van der Waals surface area contributed by atoms with E-state index in [0.717, 1.165) is 58.0 Å². The Morgan fingerprint density at radius 2 is 1.49 bits per heavy atom. The van der Waals surface area contributed by atoms with Crippen molar-refractivity contribution < 1.29 is 18.7 Å². The summed E-state index contributed by atoms with van der Waals surface area (Å²) in [5.41, 5.74) is 1.32. The van der Waals surface area contributed by atoms with E-state index in [9.17, 15) is 14.3 Å². The van der Waals surface area contributed by atoms with Crippen LogP contribution in [-0.2, 0) is 6.54 Å². The van der Waals surface area contributed by atoms with Crippen molar-refractivity contribution in [3.8, 4) is 0 Å². The second-order valence-electron chi connectivity index (χ2n) is 10.5.